The van der Waals surface area contributed by atoms with Gasteiger partial charge < -0.3 is 9.53 Å². The normalized spacial score (nSPS) is 24.7. The Balaban J connectivity index is 2.04. The zero-order valence-corrected chi connectivity index (χ0v) is 11.9. The van der Waals surface area contributed by atoms with Gasteiger partial charge in [0.1, 0.15) is 11.2 Å². The van der Waals surface area contributed by atoms with Crippen LogP contribution in [0.25, 0.3) is 0 Å². The quantitative estimate of drug-likeness (QED) is 0.800. The summed E-state index contributed by atoms with van der Waals surface area (Å²) in [5, 5.41) is 3.18. The molecule has 0 aromatic heterocycles. The van der Waals surface area contributed by atoms with Crippen molar-refractivity contribution in [3.8, 4) is 5.75 Å². The number of hydrogen-bond donors (Lipinski definition) is 0. The van der Waals surface area contributed by atoms with Crippen LogP contribution in [0.4, 0.5) is 18.9 Å². The molecular formula is C15H15F3N2O2. The molecule has 0 saturated heterocycles. The Labute approximate surface area is 125 Å². The molecule has 1 aromatic carbocycles. The molecule has 0 spiro atoms. The van der Waals surface area contributed by atoms with Gasteiger partial charge in [-0.15, -0.1) is 13.2 Å². The number of anilines is 1. The molecule has 1 atom stereocenters. The third-order valence-corrected chi connectivity index (χ3v) is 3.98. The summed E-state index contributed by atoms with van der Waals surface area (Å²) < 4.78 is 42.0. The van der Waals surface area contributed by atoms with E-state index in [4.69, 9.17) is 0 Å². The first-order chi connectivity index (χ1) is 10.4. The van der Waals surface area contributed by atoms with Crippen molar-refractivity contribution in [2.24, 2.45) is 5.92 Å². The maximum atomic E-state index is 12.6. The van der Waals surface area contributed by atoms with E-state index in [1.165, 1.54) is 18.2 Å². The van der Waals surface area contributed by atoms with Gasteiger partial charge in [-0.2, -0.15) is 0 Å². The maximum absolute atomic E-state index is 12.6. The molecule has 1 heterocycles. The summed E-state index contributed by atoms with van der Waals surface area (Å²) in [6, 6.07) is 5.85. The molecule has 1 unspecified atom stereocenters. The van der Waals surface area contributed by atoms with Gasteiger partial charge in [0.25, 0.3) is 0 Å². The lowest BCUT2D eigenvalue weighted by Gasteiger charge is -2.40. The lowest BCUT2D eigenvalue weighted by molar-refractivity contribution is -0.274. The van der Waals surface area contributed by atoms with Gasteiger partial charge in [-0.25, -0.2) is 0 Å². The SMILES string of the molecule is CN1C=CC(C=O)(C2CC2)N1c1ccccc1OC(F)(F)F. The molecule has 22 heavy (non-hydrogen) atoms. The zero-order valence-electron chi connectivity index (χ0n) is 11.9. The molecule has 0 N–H and O–H groups in total. The molecule has 7 heteroatoms. The highest BCUT2D eigenvalue weighted by Crippen LogP contribution is 2.49. The number of carbonyl (C=O) groups is 1. The summed E-state index contributed by atoms with van der Waals surface area (Å²) in [4.78, 5) is 11.8. The third kappa shape index (κ3) is 2.40. The predicted molar refractivity (Wildman–Crippen MR) is 74.0 cm³/mol. The first-order valence-electron chi connectivity index (χ1n) is 6.91. The van der Waals surface area contributed by atoms with Gasteiger partial charge in [-0.1, -0.05) is 12.1 Å². The van der Waals surface area contributed by atoms with Crippen molar-refractivity contribution in [2.75, 3.05) is 12.1 Å². The fraction of sp³-hybridized carbons (Fsp3) is 0.400. The van der Waals surface area contributed by atoms with Gasteiger partial charge in [-0.05, 0) is 37.0 Å². The minimum atomic E-state index is -4.79. The number of carbonyl (C=O) groups excluding carboxylic acids is 1. The molecule has 1 aromatic rings. The Kier molecular flexibility index (Phi) is 3.30. The molecule has 3 rings (SSSR count). The van der Waals surface area contributed by atoms with Crippen LogP contribution in [-0.2, 0) is 4.79 Å². The number of nitrogens with zero attached hydrogens (tertiary/aromatic N) is 2. The molecule has 1 aliphatic heterocycles. The largest absolute Gasteiger partial charge is 0.573 e. The van der Waals surface area contributed by atoms with E-state index in [9.17, 15) is 18.0 Å². The standard InChI is InChI=1S/C15H15F3N2O2/c1-19-9-8-14(10-21,11-6-7-11)20(19)12-4-2-3-5-13(12)22-15(16,17)18/h2-5,8-11H,6-7H2,1H3. The first-order valence-corrected chi connectivity index (χ1v) is 6.91. The smallest absolute Gasteiger partial charge is 0.403 e. The molecule has 0 bridgehead atoms. The second-order valence-corrected chi connectivity index (χ2v) is 5.50. The average molecular weight is 312 g/mol. The van der Waals surface area contributed by atoms with E-state index < -0.39 is 11.9 Å². The fourth-order valence-electron chi connectivity index (χ4n) is 2.90. The molecular weight excluding hydrogens is 297 g/mol. The molecule has 1 fully saturated rings. The van der Waals surface area contributed by atoms with E-state index >= 15 is 0 Å². The van der Waals surface area contributed by atoms with Crippen molar-refractivity contribution in [3.63, 3.8) is 0 Å². The molecule has 1 aliphatic carbocycles. The highest BCUT2D eigenvalue weighted by atomic mass is 19.4. The van der Waals surface area contributed by atoms with Crippen molar-refractivity contribution < 1.29 is 22.7 Å². The fourth-order valence-corrected chi connectivity index (χ4v) is 2.90. The molecule has 4 nitrogen and oxygen atoms in total. The van der Waals surface area contributed by atoms with E-state index in [2.05, 4.69) is 4.74 Å². The number of hydrazine groups is 1. The van der Waals surface area contributed by atoms with Crippen molar-refractivity contribution in [1.29, 1.82) is 0 Å². The maximum Gasteiger partial charge on any atom is 0.573 e. The molecule has 0 amide bonds. The second-order valence-electron chi connectivity index (χ2n) is 5.50. The van der Waals surface area contributed by atoms with Crippen LogP contribution in [0, 0.1) is 5.92 Å². The Morgan fingerprint density at radius 1 is 1.32 bits per heavy atom. The number of para-hydroxylation sites is 2. The van der Waals surface area contributed by atoms with Crippen LogP contribution >= 0.6 is 0 Å². The Hall–Kier alpha value is -2.18. The summed E-state index contributed by atoms with van der Waals surface area (Å²) in [5.74, 6) is -0.220. The minimum Gasteiger partial charge on any atom is -0.403 e. The molecule has 0 radical (unpaired) electrons. The van der Waals surface area contributed by atoms with Crippen LogP contribution in [0.1, 0.15) is 12.8 Å². The number of ether oxygens (including phenoxy) is 1. The average Bonchev–Trinajstić information content (AvgIpc) is 3.24. The first kappa shape index (κ1) is 14.7. The number of hydrogen-bond acceptors (Lipinski definition) is 4. The number of rotatable bonds is 4. The number of halogens is 3. The monoisotopic (exact) mass is 312 g/mol. The summed E-state index contributed by atoms with van der Waals surface area (Å²) >= 11 is 0. The van der Waals surface area contributed by atoms with Gasteiger partial charge in [0.2, 0.25) is 0 Å². The third-order valence-electron chi connectivity index (χ3n) is 3.98. The van der Waals surface area contributed by atoms with E-state index in [1.807, 2.05) is 0 Å². The van der Waals surface area contributed by atoms with Gasteiger partial charge >= 0.3 is 6.36 Å². The second kappa shape index (κ2) is 4.93. The van der Waals surface area contributed by atoms with E-state index in [1.54, 1.807) is 35.4 Å². The van der Waals surface area contributed by atoms with Crippen LogP contribution in [0.5, 0.6) is 5.75 Å². The number of aldehydes is 1. The Bertz CT molecular complexity index is 613. The summed E-state index contributed by atoms with van der Waals surface area (Å²) in [6.45, 7) is 0. The summed E-state index contributed by atoms with van der Waals surface area (Å²) in [5.41, 5.74) is -0.730. The van der Waals surface area contributed by atoms with E-state index in [-0.39, 0.29) is 17.4 Å². The van der Waals surface area contributed by atoms with Crippen molar-refractivity contribution in [3.05, 3.63) is 36.5 Å². The Morgan fingerprint density at radius 3 is 2.59 bits per heavy atom. The molecule has 118 valence electrons. The van der Waals surface area contributed by atoms with Crippen molar-refractivity contribution in [2.45, 2.75) is 24.7 Å². The summed E-state index contributed by atoms with van der Waals surface area (Å²) in [7, 11) is 1.69. The van der Waals surface area contributed by atoms with Gasteiger partial charge in [-0.3, -0.25) is 10.0 Å². The summed E-state index contributed by atoms with van der Waals surface area (Å²) in [6.07, 6.45) is 1.19. The number of benzene rings is 1. The Morgan fingerprint density at radius 2 is 2.00 bits per heavy atom. The minimum absolute atomic E-state index is 0.102. The van der Waals surface area contributed by atoms with E-state index in [0.717, 1.165) is 19.1 Å². The molecule has 1 saturated carbocycles. The van der Waals surface area contributed by atoms with Crippen LogP contribution in [0.2, 0.25) is 0 Å². The van der Waals surface area contributed by atoms with Gasteiger partial charge in [0.05, 0.1) is 0 Å². The van der Waals surface area contributed by atoms with E-state index in [0.29, 0.717) is 0 Å². The van der Waals surface area contributed by atoms with Crippen molar-refractivity contribution in [1.82, 2.24) is 5.01 Å². The van der Waals surface area contributed by atoms with Gasteiger partial charge in [0, 0.05) is 13.2 Å². The highest BCUT2D eigenvalue weighted by molar-refractivity contribution is 5.79. The lowest BCUT2D eigenvalue weighted by atomic mass is 9.94. The van der Waals surface area contributed by atoms with Crippen LogP contribution in [-0.4, -0.2) is 30.2 Å². The van der Waals surface area contributed by atoms with Crippen LogP contribution in [0.3, 0.4) is 0 Å². The predicted octanol–water partition coefficient (Wildman–Crippen LogP) is 3.11. The lowest BCUT2D eigenvalue weighted by Crippen LogP contribution is -2.52. The van der Waals surface area contributed by atoms with Gasteiger partial charge in [0.15, 0.2) is 12.0 Å². The topological polar surface area (TPSA) is 32.8 Å². The van der Waals surface area contributed by atoms with Crippen LogP contribution in [0.15, 0.2) is 36.5 Å². The number of alkyl halides is 3. The van der Waals surface area contributed by atoms with Crippen LogP contribution < -0.4 is 9.75 Å². The van der Waals surface area contributed by atoms with Crippen molar-refractivity contribution >= 4 is 12.0 Å². The highest BCUT2D eigenvalue weighted by Gasteiger charge is 2.52. The molecule has 2 aliphatic rings. The zero-order chi connectivity index (χ0) is 16.0.